The van der Waals surface area contributed by atoms with Crippen LogP contribution in [0.1, 0.15) is 45.4 Å². The van der Waals surface area contributed by atoms with E-state index < -0.39 is 0 Å². The first kappa shape index (κ1) is 13.3. The Bertz CT molecular complexity index is 232. The Labute approximate surface area is 105 Å². The first-order chi connectivity index (χ1) is 8.19. The first-order valence-electron chi connectivity index (χ1n) is 7.15. The van der Waals surface area contributed by atoms with Crippen LogP contribution >= 0.6 is 0 Å². The van der Waals surface area contributed by atoms with Gasteiger partial charge in [0.1, 0.15) is 0 Å². The zero-order chi connectivity index (χ0) is 12.3. The molecule has 2 aliphatic rings. The SMILES string of the molecule is CC1CCC(CO)(CN(CCO)C2CC2)CC1. The molecule has 2 fully saturated rings. The van der Waals surface area contributed by atoms with E-state index in [-0.39, 0.29) is 12.0 Å². The van der Waals surface area contributed by atoms with E-state index in [4.69, 9.17) is 5.11 Å². The Morgan fingerprint density at radius 2 is 1.76 bits per heavy atom. The van der Waals surface area contributed by atoms with Crippen molar-refractivity contribution >= 4 is 0 Å². The van der Waals surface area contributed by atoms with Gasteiger partial charge in [-0.25, -0.2) is 0 Å². The van der Waals surface area contributed by atoms with Crippen LogP contribution in [0.4, 0.5) is 0 Å². The molecule has 0 aromatic carbocycles. The lowest BCUT2D eigenvalue weighted by Crippen LogP contribution is -2.44. The van der Waals surface area contributed by atoms with Crippen molar-refractivity contribution < 1.29 is 10.2 Å². The van der Waals surface area contributed by atoms with Crippen LogP contribution in [0, 0.1) is 11.3 Å². The summed E-state index contributed by atoms with van der Waals surface area (Å²) in [4.78, 5) is 2.41. The van der Waals surface area contributed by atoms with Crippen molar-refractivity contribution in [3.05, 3.63) is 0 Å². The quantitative estimate of drug-likeness (QED) is 0.743. The summed E-state index contributed by atoms with van der Waals surface area (Å²) in [7, 11) is 0. The maximum atomic E-state index is 9.76. The summed E-state index contributed by atoms with van der Waals surface area (Å²) >= 11 is 0. The number of rotatable bonds is 6. The molecule has 2 rings (SSSR count). The van der Waals surface area contributed by atoms with Crippen LogP contribution in [0.2, 0.25) is 0 Å². The van der Waals surface area contributed by atoms with E-state index in [1.165, 1.54) is 25.7 Å². The molecule has 17 heavy (non-hydrogen) atoms. The van der Waals surface area contributed by atoms with Gasteiger partial charge in [-0.1, -0.05) is 19.8 Å². The lowest BCUT2D eigenvalue weighted by atomic mass is 9.71. The fourth-order valence-corrected chi connectivity index (χ4v) is 3.13. The molecule has 0 atom stereocenters. The maximum absolute atomic E-state index is 9.76. The van der Waals surface area contributed by atoms with Crippen LogP contribution in [0.15, 0.2) is 0 Å². The fraction of sp³-hybridized carbons (Fsp3) is 1.00. The third-order valence-corrected chi connectivity index (χ3v) is 4.66. The zero-order valence-corrected chi connectivity index (χ0v) is 11.1. The van der Waals surface area contributed by atoms with Crippen molar-refractivity contribution in [3.63, 3.8) is 0 Å². The van der Waals surface area contributed by atoms with E-state index in [0.29, 0.717) is 12.6 Å². The summed E-state index contributed by atoms with van der Waals surface area (Å²) in [6, 6.07) is 0.685. The van der Waals surface area contributed by atoms with Gasteiger partial charge in [0.15, 0.2) is 0 Å². The van der Waals surface area contributed by atoms with Crippen LogP contribution in [0.3, 0.4) is 0 Å². The predicted octanol–water partition coefficient (Wildman–Crippen LogP) is 1.63. The Morgan fingerprint density at radius 1 is 1.12 bits per heavy atom. The highest BCUT2D eigenvalue weighted by atomic mass is 16.3. The monoisotopic (exact) mass is 241 g/mol. The molecule has 0 heterocycles. The predicted molar refractivity (Wildman–Crippen MR) is 68.8 cm³/mol. The minimum Gasteiger partial charge on any atom is -0.396 e. The van der Waals surface area contributed by atoms with E-state index in [2.05, 4.69) is 11.8 Å². The molecule has 0 aromatic heterocycles. The molecule has 2 aliphatic carbocycles. The van der Waals surface area contributed by atoms with Gasteiger partial charge in [0.2, 0.25) is 0 Å². The molecule has 100 valence electrons. The normalized spacial score (nSPS) is 34.2. The second-order valence-electron chi connectivity index (χ2n) is 6.27. The molecule has 3 nitrogen and oxygen atoms in total. The molecule has 0 saturated heterocycles. The molecule has 0 spiro atoms. The van der Waals surface area contributed by atoms with Crippen molar-refractivity contribution in [2.24, 2.45) is 11.3 Å². The van der Waals surface area contributed by atoms with Crippen molar-refractivity contribution in [2.75, 3.05) is 26.3 Å². The van der Waals surface area contributed by atoms with Crippen LogP contribution < -0.4 is 0 Å². The van der Waals surface area contributed by atoms with Gasteiger partial charge < -0.3 is 10.2 Å². The largest absolute Gasteiger partial charge is 0.396 e. The van der Waals surface area contributed by atoms with Crippen molar-refractivity contribution in [3.8, 4) is 0 Å². The summed E-state index contributed by atoms with van der Waals surface area (Å²) in [6.07, 6.45) is 7.35. The molecule has 0 aromatic rings. The van der Waals surface area contributed by atoms with Gasteiger partial charge in [-0.2, -0.15) is 0 Å². The first-order valence-corrected chi connectivity index (χ1v) is 7.15. The second-order valence-corrected chi connectivity index (χ2v) is 6.27. The Kier molecular flexibility index (Phi) is 4.45. The molecule has 0 radical (unpaired) electrons. The van der Waals surface area contributed by atoms with Crippen molar-refractivity contribution in [1.82, 2.24) is 4.90 Å². The third-order valence-electron chi connectivity index (χ3n) is 4.66. The molecule has 3 heteroatoms. The van der Waals surface area contributed by atoms with E-state index in [9.17, 15) is 5.11 Å². The van der Waals surface area contributed by atoms with E-state index in [0.717, 1.165) is 31.8 Å². The number of hydrogen-bond donors (Lipinski definition) is 2. The fourth-order valence-electron chi connectivity index (χ4n) is 3.13. The molecule has 2 N–H and O–H groups in total. The van der Waals surface area contributed by atoms with Gasteiger partial charge >= 0.3 is 0 Å². The summed E-state index contributed by atoms with van der Waals surface area (Å²) in [6.45, 7) is 4.64. The van der Waals surface area contributed by atoms with Gasteiger partial charge in [-0.05, 0) is 31.6 Å². The summed E-state index contributed by atoms with van der Waals surface area (Å²) in [5.74, 6) is 0.821. The lowest BCUT2D eigenvalue weighted by Gasteiger charge is -2.41. The van der Waals surface area contributed by atoms with E-state index in [1.807, 2.05) is 0 Å². The molecule has 0 unspecified atom stereocenters. The molecule has 0 aliphatic heterocycles. The highest BCUT2D eigenvalue weighted by Crippen LogP contribution is 2.41. The van der Waals surface area contributed by atoms with E-state index in [1.54, 1.807) is 0 Å². The Hall–Kier alpha value is -0.120. The molecule has 0 amide bonds. The van der Waals surface area contributed by atoms with Crippen molar-refractivity contribution in [1.29, 1.82) is 0 Å². The van der Waals surface area contributed by atoms with Crippen LogP contribution in [-0.2, 0) is 0 Å². The lowest BCUT2D eigenvalue weighted by molar-refractivity contribution is 0.0219. The van der Waals surface area contributed by atoms with Gasteiger partial charge in [-0.15, -0.1) is 0 Å². The highest BCUT2D eigenvalue weighted by molar-refractivity contribution is 4.92. The Balaban J connectivity index is 1.92. The topological polar surface area (TPSA) is 43.7 Å². The van der Waals surface area contributed by atoms with Gasteiger partial charge in [0.05, 0.1) is 6.61 Å². The zero-order valence-electron chi connectivity index (χ0n) is 11.1. The number of nitrogens with zero attached hydrogens (tertiary/aromatic N) is 1. The highest BCUT2D eigenvalue weighted by Gasteiger charge is 2.39. The number of hydrogen-bond acceptors (Lipinski definition) is 3. The summed E-state index contributed by atoms with van der Waals surface area (Å²) in [5.41, 5.74) is 0.115. The Morgan fingerprint density at radius 3 is 2.24 bits per heavy atom. The standard InChI is InChI=1S/C14H27NO2/c1-12-4-6-14(11-17,7-5-12)10-15(8-9-16)13-2-3-13/h12-13,16-17H,2-11H2,1H3. The molecular weight excluding hydrogens is 214 g/mol. The average Bonchev–Trinajstić information content (AvgIpc) is 3.16. The number of aliphatic hydroxyl groups excluding tert-OH is 2. The molecule has 2 saturated carbocycles. The smallest absolute Gasteiger partial charge is 0.0558 e. The van der Waals surface area contributed by atoms with Gasteiger partial charge in [-0.3, -0.25) is 4.90 Å². The third kappa shape index (κ3) is 3.43. The van der Waals surface area contributed by atoms with Gasteiger partial charge in [0.25, 0.3) is 0 Å². The summed E-state index contributed by atoms with van der Waals surface area (Å²) in [5, 5.41) is 18.9. The van der Waals surface area contributed by atoms with E-state index >= 15 is 0 Å². The van der Waals surface area contributed by atoms with Crippen LogP contribution in [0.5, 0.6) is 0 Å². The minimum absolute atomic E-state index is 0.115. The summed E-state index contributed by atoms with van der Waals surface area (Å²) < 4.78 is 0. The average molecular weight is 241 g/mol. The minimum atomic E-state index is 0.115. The van der Waals surface area contributed by atoms with Gasteiger partial charge in [0, 0.05) is 31.2 Å². The second kappa shape index (κ2) is 5.68. The van der Waals surface area contributed by atoms with Crippen LogP contribution in [0.25, 0.3) is 0 Å². The van der Waals surface area contributed by atoms with Crippen LogP contribution in [-0.4, -0.2) is 47.5 Å². The number of aliphatic hydroxyl groups is 2. The maximum Gasteiger partial charge on any atom is 0.0558 e. The molecular formula is C14H27NO2. The molecule has 0 bridgehead atoms. The van der Waals surface area contributed by atoms with Crippen molar-refractivity contribution in [2.45, 2.75) is 51.5 Å².